The zero-order valence-corrected chi connectivity index (χ0v) is 30.3. The normalized spacial score (nSPS) is 23.9. The third kappa shape index (κ3) is 7.38. The van der Waals surface area contributed by atoms with Crippen molar-refractivity contribution >= 4 is 56.9 Å². The van der Waals surface area contributed by atoms with E-state index in [0.29, 0.717) is 50.6 Å². The average molecular weight is 713 g/mol. The van der Waals surface area contributed by atoms with Crippen molar-refractivity contribution in [3.63, 3.8) is 0 Å². The van der Waals surface area contributed by atoms with Crippen molar-refractivity contribution in [3.8, 4) is 22.9 Å². The van der Waals surface area contributed by atoms with Gasteiger partial charge in [-0.2, -0.15) is 0 Å². The number of likely N-dealkylation sites (tertiary alicyclic amines) is 1. The summed E-state index contributed by atoms with van der Waals surface area (Å²) in [5, 5.41) is 9.74. The molecule has 12 nitrogen and oxygen atoms in total. The molecule has 2 aromatic heterocycles. The number of thiazole rings is 1. The number of pyridine rings is 1. The van der Waals surface area contributed by atoms with E-state index in [1.165, 1.54) is 29.8 Å². The Bertz CT molecular complexity index is 1740. The highest BCUT2D eigenvalue weighted by molar-refractivity contribution is 7.14. The number of methoxy groups -OCH3 is 1. The number of alkyl carbamates (subject to hydrolysis) is 1. The second-order valence-corrected chi connectivity index (χ2v) is 16.0. The van der Waals surface area contributed by atoms with E-state index < -0.39 is 41.5 Å². The van der Waals surface area contributed by atoms with Crippen LogP contribution < -0.4 is 25.8 Å². The molecule has 0 spiro atoms. The number of nitrogens with two attached hydrogens (primary N) is 1. The number of hydrogen-bond acceptors (Lipinski definition) is 10. The molecule has 2 aliphatic carbocycles. The Kier molecular flexibility index (Phi) is 9.87. The molecule has 6 atom stereocenters. The number of ether oxygens (including phenoxy) is 3. The molecule has 3 fully saturated rings. The first-order valence-electron chi connectivity index (χ1n) is 16.8. The van der Waals surface area contributed by atoms with E-state index in [0.717, 1.165) is 24.4 Å². The maximum absolute atomic E-state index is 14.2. The molecule has 1 aromatic carbocycles. The lowest BCUT2D eigenvalue weighted by Gasteiger charge is -2.35. The molecule has 1 saturated heterocycles. The van der Waals surface area contributed by atoms with Gasteiger partial charge in [0.15, 0.2) is 5.13 Å². The molecule has 3 heterocycles. The van der Waals surface area contributed by atoms with Gasteiger partial charge in [-0.25, -0.2) is 14.8 Å². The molecular formula is C35H45ClN6O6S. The van der Waals surface area contributed by atoms with Gasteiger partial charge < -0.3 is 35.5 Å². The maximum atomic E-state index is 14.2. The largest absolute Gasteiger partial charge is 0.495 e. The van der Waals surface area contributed by atoms with E-state index in [2.05, 4.69) is 10.6 Å². The third-order valence-corrected chi connectivity index (χ3v) is 10.9. The molecule has 4 unspecified atom stereocenters. The van der Waals surface area contributed by atoms with Crippen molar-refractivity contribution in [2.24, 2.45) is 23.0 Å². The molecule has 2 bridgehead atoms. The first kappa shape index (κ1) is 35.0. The highest BCUT2D eigenvalue weighted by atomic mass is 35.5. The fourth-order valence-electron chi connectivity index (χ4n) is 7.31. The fourth-order valence-corrected chi connectivity index (χ4v) is 8.45. The van der Waals surface area contributed by atoms with Gasteiger partial charge in [0.05, 0.1) is 24.9 Å². The number of primary amides is 1. The number of anilines is 1. The van der Waals surface area contributed by atoms with Gasteiger partial charge in [0.25, 0.3) is 0 Å². The number of fused-ring (bicyclic) bond motifs is 3. The average Bonchev–Trinajstić information content (AvgIpc) is 3.84. The van der Waals surface area contributed by atoms with E-state index in [1.807, 2.05) is 46.1 Å². The molecular weight excluding hydrogens is 668 g/mol. The lowest BCUT2D eigenvalue weighted by molar-refractivity contribution is -0.141. The van der Waals surface area contributed by atoms with Crippen molar-refractivity contribution in [2.75, 3.05) is 19.0 Å². The fraction of sp³-hybridized carbons (Fsp3) is 0.571. The number of carbonyl (C=O) groups excluding carboxylic acids is 3. The van der Waals surface area contributed by atoms with Crippen LogP contribution in [0.1, 0.15) is 66.7 Å². The summed E-state index contributed by atoms with van der Waals surface area (Å²) in [6.07, 6.45) is 3.01. The third-order valence-electron chi connectivity index (χ3n) is 9.72. The van der Waals surface area contributed by atoms with Crippen LogP contribution in [-0.2, 0) is 14.3 Å². The summed E-state index contributed by atoms with van der Waals surface area (Å²) < 4.78 is 17.9. The van der Waals surface area contributed by atoms with Gasteiger partial charge in [0.1, 0.15) is 46.5 Å². The Labute approximate surface area is 295 Å². The molecule has 14 heteroatoms. The zero-order valence-electron chi connectivity index (χ0n) is 28.7. The lowest BCUT2D eigenvalue weighted by Crippen LogP contribution is -2.57. The second kappa shape index (κ2) is 13.8. The van der Waals surface area contributed by atoms with Crippen molar-refractivity contribution in [3.05, 3.63) is 28.6 Å². The molecule has 6 rings (SSSR count). The molecule has 3 aliphatic rings. The van der Waals surface area contributed by atoms with Crippen LogP contribution in [-0.4, -0.2) is 76.8 Å². The Balaban J connectivity index is 1.26. The van der Waals surface area contributed by atoms with Gasteiger partial charge in [0, 0.05) is 29.3 Å². The Morgan fingerprint density at radius 1 is 1.08 bits per heavy atom. The van der Waals surface area contributed by atoms with Crippen LogP contribution in [0.4, 0.5) is 9.93 Å². The van der Waals surface area contributed by atoms with Crippen molar-refractivity contribution in [2.45, 2.75) is 97.1 Å². The van der Waals surface area contributed by atoms with Crippen LogP contribution in [0.25, 0.3) is 22.3 Å². The van der Waals surface area contributed by atoms with Crippen LogP contribution in [0.15, 0.2) is 23.6 Å². The first-order valence-corrected chi connectivity index (χ1v) is 18.1. The number of benzene rings is 1. The second-order valence-electron chi connectivity index (χ2n) is 14.8. The van der Waals surface area contributed by atoms with E-state index in [9.17, 15) is 14.4 Å². The van der Waals surface area contributed by atoms with Gasteiger partial charge in [-0.3, -0.25) is 9.59 Å². The van der Waals surface area contributed by atoms with E-state index >= 15 is 0 Å². The minimum atomic E-state index is -0.961. The van der Waals surface area contributed by atoms with Gasteiger partial charge >= 0.3 is 6.09 Å². The van der Waals surface area contributed by atoms with E-state index in [1.54, 1.807) is 12.1 Å². The first-order chi connectivity index (χ1) is 23.2. The molecule has 264 valence electrons. The number of nitrogens with one attached hydrogen (secondary N) is 2. The topological polar surface area (TPSA) is 158 Å². The summed E-state index contributed by atoms with van der Waals surface area (Å²) >= 11 is 8.21. The maximum Gasteiger partial charge on any atom is 0.408 e. The minimum Gasteiger partial charge on any atom is -0.495 e. The van der Waals surface area contributed by atoms with Crippen molar-refractivity contribution in [1.29, 1.82) is 0 Å². The monoisotopic (exact) mass is 712 g/mol. The molecule has 3 amide bonds. The minimum absolute atomic E-state index is 0.0737. The number of rotatable bonds is 10. The van der Waals surface area contributed by atoms with Crippen LogP contribution in [0.2, 0.25) is 5.02 Å². The Hall–Kier alpha value is -3.84. The number of halogens is 1. The zero-order chi connectivity index (χ0) is 35.2. The summed E-state index contributed by atoms with van der Waals surface area (Å²) in [4.78, 5) is 51.0. The number of carbonyl (C=O) groups is 3. The smallest absolute Gasteiger partial charge is 0.408 e. The predicted octanol–water partition coefficient (Wildman–Crippen LogP) is 6.00. The number of aromatic nitrogens is 2. The van der Waals surface area contributed by atoms with Crippen molar-refractivity contribution < 1.29 is 28.6 Å². The van der Waals surface area contributed by atoms with Gasteiger partial charge in [0.2, 0.25) is 11.8 Å². The highest BCUT2D eigenvalue weighted by Crippen LogP contribution is 2.46. The summed E-state index contributed by atoms with van der Waals surface area (Å²) in [6.45, 7) is 9.73. The Morgan fingerprint density at radius 3 is 2.49 bits per heavy atom. The summed E-state index contributed by atoms with van der Waals surface area (Å²) in [7, 11) is 1.53. The summed E-state index contributed by atoms with van der Waals surface area (Å²) in [6, 6.07) is 3.63. The van der Waals surface area contributed by atoms with Gasteiger partial charge in [-0.1, -0.05) is 32.4 Å². The van der Waals surface area contributed by atoms with E-state index in [4.69, 9.17) is 41.5 Å². The number of hydrogen-bond donors (Lipinski definition) is 3. The SMILES string of the molecule is COc1ccc2c(OC3C[C@@H](C(N)=O)N(C(=O)[C@@H](NC(=O)OC4CC5CCC4C5)C(C)(C)C)C3)cc(-c3csc(NC(C)C)n3)nc2c1Cl. The van der Waals surface area contributed by atoms with Crippen LogP contribution in [0.5, 0.6) is 11.5 Å². The quantitative estimate of drug-likeness (QED) is 0.229. The van der Waals surface area contributed by atoms with Crippen LogP contribution in [0, 0.1) is 17.3 Å². The standard InChI is InChI=1S/C35H45ClN6O6S/c1-17(2)38-33-40-23(16-49-33)22-14-27(21-9-10-25(46-6)28(36)29(21)39-22)47-20-13-24(31(37)43)42(15-20)32(44)30(35(3,4)5)41-34(45)48-26-12-18-7-8-19(26)11-18/h9-10,14,16-20,24,26,30H,7-8,11-13,15H2,1-6H3,(H2,37,43)(H,38,40)(H,41,45)/t18?,19?,20?,24-,26?,30+/m0/s1. The lowest BCUT2D eigenvalue weighted by atomic mass is 9.85. The van der Waals surface area contributed by atoms with Crippen LogP contribution in [0.3, 0.4) is 0 Å². The molecule has 2 saturated carbocycles. The number of nitrogens with zero attached hydrogens (tertiary/aromatic N) is 3. The molecule has 4 N–H and O–H groups in total. The van der Waals surface area contributed by atoms with Crippen molar-refractivity contribution in [1.82, 2.24) is 20.2 Å². The molecule has 3 aromatic rings. The van der Waals surface area contributed by atoms with Gasteiger partial charge in [-0.15, -0.1) is 11.3 Å². The summed E-state index contributed by atoms with van der Waals surface area (Å²) in [5.41, 5.74) is 6.80. The highest BCUT2D eigenvalue weighted by Gasteiger charge is 2.46. The summed E-state index contributed by atoms with van der Waals surface area (Å²) in [5.74, 6) is 0.818. The molecule has 49 heavy (non-hydrogen) atoms. The van der Waals surface area contributed by atoms with E-state index in [-0.39, 0.29) is 25.1 Å². The van der Waals surface area contributed by atoms with Gasteiger partial charge in [-0.05, 0) is 68.9 Å². The molecule has 1 aliphatic heterocycles. The Morgan fingerprint density at radius 2 is 1.86 bits per heavy atom. The molecule has 0 radical (unpaired) electrons. The van der Waals surface area contributed by atoms with Crippen LogP contribution >= 0.6 is 22.9 Å². The number of amides is 3. The predicted molar refractivity (Wildman–Crippen MR) is 189 cm³/mol.